The molecule has 1 aromatic carbocycles. The van der Waals surface area contributed by atoms with Crippen molar-refractivity contribution in [2.75, 3.05) is 11.9 Å². The molecule has 32 heavy (non-hydrogen) atoms. The molecular formula is C22H17ClN8O. The van der Waals surface area contributed by atoms with E-state index in [1.807, 2.05) is 18.2 Å². The van der Waals surface area contributed by atoms with E-state index >= 15 is 0 Å². The molecule has 0 spiro atoms. The molecule has 0 aliphatic heterocycles. The highest BCUT2D eigenvalue weighted by Crippen LogP contribution is 2.31. The molecule has 4 heterocycles. The number of benzene rings is 1. The molecule has 1 amide bonds. The van der Waals surface area contributed by atoms with Gasteiger partial charge in [0, 0.05) is 29.9 Å². The van der Waals surface area contributed by atoms with Gasteiger partial charge in [0.2, 0.25) is 5.91 Å². The molecule has 0 saturated heterocycles. The Kier molecular flexibility index (Phi) is 5.08. The van der Waals surface area contributed by atoms with Gasteiger partial charge in [-0.3, -0.25) is 9.78 Å². The van der Waals surface area contributed by atoms with E-state index in [1.54, 1.807) is 24.7 Å². The molecule has 158 valence electrons. The number of nitrogens with one attached hydrogen (secondary N) is 2. The summed E-state index contributed by atoms with van der Waals surface area (Å²) < 4.78 is 0. The van der Waals surface area contributed by atoms with Gasteiger partial charge in [0.1, 0.15) is 11.8 Å². The number of hydrogen-bond acceptors (Lipinski definition) is 7. The highest BCUT2D eigenvalue weighted by Gasteiger charge is 2.17. The van der Waals surface area contributed by atoms with Crippen molar-refractivity contribution >= 4 is 45.4 Å². The van der Waals surface area contributed by atoms with Crippen molar-refractivity contribution in [1.82, 2.24) is 29.9 Å². The van der Waals surface area contributed by atoms with Gasteiger partial charge in [-0.2, -0.15) is 0 Å². The number of imidazole rings is 1. The maximum Gasteiger partial charge on any atom is 0.249 e. The Labute approximate surface area is 187 Å². The molecule has 0 bridgehead atoms. The normalized spacial score (nSPS) is 11.2. The minimum absolute atomic E-state index is 0.350. The minimum Gasteiger partial charge on any atom is -0.368 e. The van der Waals surface area contributed by atoms with Crippen LogP contribution in [0.15, 0.2) is 55.4 Å². The number of fused-ring (bicyclic) bond motifs is 2. The van der Waals surface area contributed by atoms with Crippen LogP contribution in [0.25, 0.3) is 33.3 Å². The van der Waals surface area contributed by atoms with Gasteiger partial charge in [0.05, 0.1) is 28.1 Å². The van der Waals surface area contributed by atoms with E-state index in [4.69, 9.17) is 22.3 Å². The van der Waals surface area contributed by atoms with Crippen LogP contribution in [0.3, 0.4) is 0 Å². The molecular weight excluding hydrogens is 428 g/mol. The summed E-state index contributed by atoms with van der Waals surface area (Å²) in [7, 11) is 0. The van der Waals surface area contributed by atoms with Crippen LogP contribution in [0.2, 0.25) is 5.02 Å². The molecule has 0 saturated carbocycles. The quantitative estimate of drug-likeness (QED) is 0.365. The molecule has 4 N–H and O–H groups in total. The van der Waals surface area contributed by atoms with Crippen LogP contribution < -0.4 is 11.1 Å². The molecule has 0 aliphatic carbocycles. The third-order valence-corrected chi connectivity index (χ3v) is 5.43. The maximum absolute atomic E-state index is 12.0. The molecule has 10 heteroatoms. The Morgan fingerprint density at radius 1 is 1.19 bits per heavy atom. The Morgan fingerprint density at radius 2 is 2.09 bits per heavy atom. The number of carbonyl (C=O) groups excluding carboxylic acids is 1. The number of para-hydroxylation sites is 1. The Hall–Kier alpha value is -4.11. The number of H-pyrrole nitrogens is 1. The first-order valence-electron chi connectivity index (χ1n) is 9.82. The average Bonchev–Trinajstić information content (AvgIpc) is 3.29. The van der Waals surface area contributed by atoms with E-state index in [-0.39, 0.29) is 0 Å². The smallest absolute Gasteiger partial charge is 0.249 e. The number of primary amides is 1. The number of halogens is 1. The van der Waals surface area contributed by atoms with Gasteiger partial charge in [0.25, 0.3) is 0 Å². The van der Waals surface area contributed by atoms with Crippen molar-refractivity contribution < 1.29 is 4.79 Å². The summed E-state index contributed by atoms with van der Waals surface area (Å²) in [5.41, 5.74) is 10.0. The van der Waals surface area contributed by atoms with E-state index in [2.05, 4.69) is 30.2 Å². The highest BCUT2D eigenvalue weighted by molar-refractivity contribution is 6.35. The Balaban J connectivity index is 1.55. The number of aromatic nitrogens is 6. The fourth-order valence-corrected chi connectivity index (χ4v) is 3.87. The molecule has 0 fully saturated rings. The van der Waals surface area contributed by atoms with Crippen molar-refractivity contribution in [2.45, 2.75) is 6.42 Å². The molecule has 5 rings (SSSR count). The van der Waals surface area contributed by atoms with Crippen LogP contribution in [-0.4, -0.2) is 42.4 Å². The number of aromatic amines is 1. The lowest BCUT2D eigenvalue weighted by Gasteiger charge is -2.14. The third kappa shape index (κ3) is 3.58. The molecule has 5 aromatic rings. The van der Waals surface area contributed by atoms with Crippen LogP contribution in [-0.2, 0) is 6.42 Å². The second-order valence-electron chi connectivity index (χ2n) is 7.09. The van der Waals surface area contributed by atoms with Gasteiger partial charge in [-0.05, 0) is 30.2 Å². The molecule has 4 aromatic heterocycles. The first-order valence-corrected chi connectivity index (χ1v) is 10.2. The van der Waals surface area contributed by atoms with Crippen LogP contribution in [0.5, 0.6) is 0 Å². The zero-order valence-corrected chi connectivity index (χ0v) is 17.5. The number of rotatable bonds is 6. The monoisotopic (exact) mass is 444 g/mol. The molecule has 0 atom stereocenters. The van der Waals surface area contributed by atoms with E-state index in [0.29, 0.717) is 51.8 Å². The molecule has 9 nitrogen and oxygen atoms in total. The van der Waals surface area contributed by atoms with Crippen LogP contribution in [0, 0.1) is 0 Å². The predicted molar refractivity (Wildman–Crippen MR) is 122 cm³/mol. The third-order valence-electron chi connectivity index (χ3n) is 5.13. The first-order chi connectivity index (χ1) is 15.6. The van der Waals surface area contributed by atoms with E-state index in [0.717, 1.165) is 16.5 Å². The first kappa shape index (κ1) is 19.8. The number of pyridine rings is 2. The van der Waals surface area contributed by atoms with Crippen molar-refractivity contribution in [3.8, 4) is 11.3 Å². The van der Waals surface area contributed by atoms with E-state index < -0.39 is 5.91 Å². The van der Waals surface area contributed by atoms with Crippen molar-refractivity contribution in [3.05, 3.63) is 71.5 Å². The zero-order chi connectivity index (χ0) is 22.1. The maximum atomic E-state index is 12.0. The van der Waals surface area contributed by atoms with Crippen LogP contribution in [0.1, 0.15) is 15.9 Å². The van der Waals surface area contributed by atoms with E-state index in [9.17, 15) is 4.79 Å². The lowest BCUT2D eigenvalue weighted by Crippen LogP contribution is -2.14. The number of carbonyl (C=O) groups is 1. The molecule has 0 unspecified atom stereocenters. The number of nitrogens with zero attached hydrogens (tertiary/aromatic N) is 5. The van der Waals surface area contributed by atoms with Gasteiger partial charge in [-0.1, -0.05) is 23.7 Å². The summed E-state index contributed by atoms with van der Waals surface area (Å²) in [6.07, 6.45) is 6.76. The average molecular weight is 445 g/mol. The lowest BCUT2D eigenvalue weighted by molar-refractivity contribution is 0.100. The summed E-state index contributed by atoms with van der Waals surface area (Å²) in [6, 6.07) is 9.22. The van der Waals surface area contributed by atoms with Gasteiger partial charge in [0.15, 0.2) is 11.5 Å². The Bertz CT molecular complexity index is 1470. The lowest BCUT2D eigenvalue weighted by atomic mass is 9.98. The van der Waals surface area contributed by atoms with Crippen LogP contribution in [0.4, 0.5) is 5.82 Å². The van der Waals surface area contributed by atoms with Crippen LogP contribution >= 0.6 is 11.6 Å². The zero-order valence-electron chi connectivity index (χ0n) is 16.7. The molecule has 0 radical (unpaired) electrons. The van der Waals surface area contributed by atoms with Crippen molar-refractivity contribution in [3.63, 3.8) is 0 Å². The number of hydrogen-bond donors (Lipinski definition) is 3. The second kappa shape index (κ2) is 8.20. The summed E-state index contributed by atoms with van der Waals surface area (Å²) in [5.74, 6) is 0.111. The number of nitrogens with two attached hydrogens (primary N) is 1. The fraction of sp³-hybridized carbons (Fsp3) is 0.0909. The van der Waals surface area contributed by atoms with Gasteiger partial charge in [-0.25, -0.2) is 19.9 Å². The summed E-state index contributed by atoms with van der Waals surface area (Å²) >= 11 is 6.39. The number of amides is 1. The minimum atomic E-state index is -0.546. The van der Waals surface area contributed by atoms with Crippen molar-refractivity contribution in [2.24, 2.45) is 5.73 Å². The Morgan fingerprint density at radius 3 is 2.97 bits per heavy atom. The summed E-state index contributed by atoms with van der Waals surface area (Å²) in [6.45, 7) is 0.554. The highest BCUT2D eigenvalue weighted by atomic mass is 35.5. The van der Waals surface area contributed by atoms with Gasteiger partial charge < -0.3 is 16.0 Å². The fourth-order valence-electron chi connectivity index (χ4n) is 3.64. The summed E-state index contributed by atoms with van der Waals surface area (Å²) in [5, 5.41) is 4.74. The molecule has 0 aliphatic rings. The predicted octanol–water partition coefficient (Wildman–Crippen LogP) is 3.37. The number of anilines is 1. The topological polar surface area (TPSA) is 135 Å². The van der Waals surface area contributed by atoms with Gasteiger partial charge >= 0.3 is 0 Å². The second-order valence-corrected chi connectivity index (χ2v) is 7.50. The summed E-state index contributed by atoms with van der Waals surface area (Å²) in [4.78, 5) is 36.6. The van der Waals surface area contributed by atoms with Crippen molar-refractivity contribution in [1.29, 1.82) is 0 Å². The standard InChI is InChI=1S/C22H17ClN8O/c23-16-3-1-2-12-8-13(4-7-26-21-19-22(28-10-27-19)30-11-29-21)17(31-18(12)16)15-9-25-6-5-14(15)20(24)32/h1-3,5-6,8-11H,4,7H2,(H2,24,32)(H2,26,27,28,29,30). The van der Waals surface area contributed by atoms with Gasteiger partial charge in [-0.15, -0.1) is 0 Å². The SMILES string of the molecule is NC(=O)c1ccncc1-c1nc2c(Cl)cccc2cc1CCNc1ncnc2nc[nH]c12. The largest absolute Gasteiger partial charge is 0.368 e. The van der Waals surface area contributed by atoms with E-state index in [1.165, 1.54) is 12.5 Å².